The summed E-state index contributed by atoms with van der Waals surface area (Å²) in [6.07, 6.45) is 24.3. The zero-order chi connectivity index (χ0) is 24.3. The van der Waals surface area contributed by atoms with Crippen LogP contribution in [0.15, 0.2) is 35.4 Å². The van der Waals surface area contributed by atoms with E-state index in [0.29, 0.717) is 19.6 Å². The molecule has 0 spiro atoms. The Morgan fingerprint density at radius 1 is 0.882 bits per heavy atom. The minimum atomic E-state index is -0.108. The smallest absolute Gasteiger partial charge is 0.306 e. The third-order valence-corrected chi connectivity index (χ3v) is 6.75. The van der Waals surface area contributed by atoms with Crippen LogP contribution < -0.4 is 4.74 Å². The van der Waals surface area contributed by atoms with Crippen molar-refractivity contribution in [3.05, 3.63) is 46.5 Å². The van der Waals surface area contributed by atoms with E-state index in [4.69, 9.17) is 21.1 Å². The molecule has 34 heavy (non-hydrogen) atoms. The molecule has 2 rings (SSSR count). The Balaban J connectivity index is 1.44. The maximum atomic E-state index is 12.1. The molecule has 0 aliphatic carbocycles. The maximum Gasteiger partial charge on any atom is 0.306 e. The van der Waals surface area contributed by atoms with Crippen molar-refractivity contribution in [2.24, 2.45) is 0 Å². The number of fused-ring (bicyclic) bond motifs is 1. The Kier molecular flexibility index (Phi) is 15.6. The quantitative estimate of drug-likeness (QED) is 0.152. The molecule has 0 unspecified atom stereocenters. The average Bonchev–Trinajstić information content (AvgIpc) is 3.07. The zero-order valence-corrected chi connectivity index (χ0v) is 22.1. The second kappa shape index (κ2) is 18.6. The predicted molar refractivity (Wildman–Crippen MR) is 144 cm³/mol. The third-order valence-electron chi connectivity index (χ3n) is 6.47. The standard InChI is InChI=1S/C30H45ClO3/c1-2-3-4-5-6-7-8-9-10-11-12-13-14-15-16-17-30(32)34-24-26-19-21-29-28(22-26)20-18-27(23-31)25-33-29/h18-23H,2-17,24-25H2,1H3/b27-23+. The number of esters is 1. The predicted octanol–water partition coefficient (Wildman–Crippen LogP) is 9.52. The molecule has 1 heterocycles. The SMILES string of the molecule is CCCCCCCCCCCCCCCCCC(=O)OCc1ccc2c(c1)C=C/C(=C\Cl)CO2. The first-order valence-corrected chi connectivity index (χ1v) is 14.0. The molecule has 1 aromatic carbocycles. The fourth-order valence-electron chi connectivity index (χ4n) is 4.30. The third kappa shape index (κ3) is 12.6. The van der Waals surface area contributed by atoms with Gasteiger partial charge in [0, 0.05) is 23.1 Å². The Bertz CT molecular complexity index is 753. The number of hydrogen-bond donors (Lipinski definition) is 0. The van der Waals surface area contributed by atoms with Gasteiger partial charge in [-0.05, 0) is 24.1 Å². The van der Waals surface area contributed by atoms with Crippen molar-refractivity contribution in [3.8, 4) is 5.75 Å². The second-order valence-electron chi connectivity index (χ2n) is 9.54. The van der Waals surface area contributed by atoms with Crippen molar-refractivity contribution < 1.29 is 14.3 Å². The first-order chi connectivity index (χ1) is 16.7. The molecule has 0 saturated heterocycles. The van der Waals surface area contributed by atoms with Crippen LogP contribution in [0.1, 0.15) is 121 Å². The summed E-state index contributed by atoms with van der Waals surface area (Å²) in [7, 11) is 0. The van der Waals surface area contributed by atoms with Crippen molar-refractivity contribution >= 4 is 23.6 Å². The molecule has 0 aromatic heterocycles. The van der Waals surface area contributed by atoms with Crippen LogP contribution in [0.5, 0.6) is 5.75 Å². The van der Waals surface area contributed by atoms with E-state index in [9.17, 15) is 4.79 Å². The molecular weight excluding hydrogens is 444 g/mol. The van der Waals surface area contributed by atoms with Crippen LogP contribution in [0.4, 0.5) is 0 Å². The molecule has 3 nitrogen and oxygen atoms in total. The van der Waals surface area contributed by atoms with Gasteiger partial charge in [0.05, 0.1) is 0 Å². The minimum Gasteiger partial charge on any atom is -0.488 e. The Morgan fingerprint density at radius 2 is 1.47 bits per heavy atom. The number of carbonyl (C=O) groups is 1. The van der Waals surface area contributed by atoms with Gasteiger partial charge in [-0.1, -0.05) is 127 Å². The van der Waals surface area contributed by atoms with E-state index in [1.165, 1.54) is 89.0 Å². The zero-order valence-electron chi connectivity index (χ0n) is 21.3. The van der Waals surface area contributed by atoms with Crippen molar-refractivity contribution in [2.45, 2.75) is 116 Å². The molecule has 4 heteroatoms. The van der Waals surface area contributed by atoms with Crippen LogP contribution in [-0.4, -0.2) is 12.6 Å². The van der Waals surface area contributed by atoms with E-state index in [0.717, 1.165) is 35.3 Å². The largest absolute Gasteiger partial charge is 0.488 e. The van der Waals surface area contributed by atoms with E-state index >= 15 is 0 Å². The lowest BCUT2D eigenvalue weighted by Crippen LogP contribution is -2.05. The highest BCUT2D eigenvalue weighted by atomic mass is 35.5. The summed E-state index contributed by atoms with van der Waals surface area (Å²) in [6, 6.07) is 5.88. The molecule has 1 aliphatic heterocycles. The summed E-state index contributed by atoms with van der Waals surface area (Å²) in [5.41, 5.74) is 4.40. The van der Waals surface area contributed by atoms with E-state index < -0.39 is 0 Å². The normalized spacial score (nSPS) is 14.0. The average molecular weight is 489 g/mol. The second-order valence-corrected chi connectivity index (χ2v) is 9.76. The lowest BCUT2D eigenvalue weighted by Gasteiger charge is -2.09. The van der Waals surface area contributed by atoms with Crippen LogP contribution in [-0.2, 0) is 16.1 Å². The molecule has 0 radical (unpaired) electrons. The highest BCUT2D eigenvalue weighted by Gasteiger charge is 2.09. The van der Waals surface area contributed by atoms with Gasteiger partial charge in [-0.2, -0.15) is 0 Å². The van der Waals surface area contributed by atoms with Crippen molar-refractivity contribution in [1.29, 1.82) is 0 Å². The molecular formula is C30H45ClO3. The Morgan fingerprint density at radius 3 is 2.06 bits per heavy atom. The van der Waals surface area contributed by atoms with E-state index in [1.54, 1.807) is 0 Å². The van der Waals surface area contributed by atoms with Crippen LogP contribution >= 0.6 is 11.6 Å². The van der Waals surface area contributed by atoms with Crippen LogP contribution in [0.3, 0.4) is 0 Å². The fourth-order valence-corrected chi connectivity index (χ4v) is 4.44. The van der Waals surface area contributed by atoms with Gasteiger partial charge in [0.2, 0.25) is 0 Å². The summed E-state index contributed by atoms with van der Waals surface area (Å²) in [5, 5.41) is 0. The number of ether oxygens (including phenoxy) is 2. The minimum absolute atomic E-state index is 0.108. The highest BCUT2D eigenvalue weighted by Crippen LogP contribution is 2.26. The molecule has 1 aromatic rings. The first-order valence-electron chi connectivity index (χ1n) is 13.6. The van der Waals surface area contributed by atoms with Gasteiger partial charge in [-0.25, -0.2) is 0 Å². The molecule has 1 aliphatic rings. The lowest BCUT2D eigenvalue weighted by atomic mass is 10.0. The Hall–Kier alpha value is -1.74. The van der Waals surface area contributed by atoms with Gasteiger partial charge < -0.3 is 9.47 Å². The monoisotopic (exact) mass is 488 g/mol. The van der Waals surface area contributed by atoms with Gasteiger partial charge in [-0.3, -0.25) is 4.79 Å². The topological polar surface area (TPSA) is 35.5 Å². The summed E-state index contributed by atoms with van der Waals surface area (Å²) >= 11 is 5.78. The van der Waals surface area contributed by atoms with Gasteiger partial charge in [0.1, 0.15) is 19.0 Å². The molecule has 0 N–H and O–H groups in total. The van der Waals surface area contributed by atoms with Crippen molar-refractivity contribution in [1.82, 2.24) is 0 Å². The summed E-state index contributed by atoms with van der Waals surface area (Å²) in [6.45, 7) is 3.04. The number of hydrogen-bond acceptors (Lipinski definition) is 3. The number of halogens is 1. The van der Waals surface area contributed by atoms with E-state index in [1.807, 2.05) is 30.4 Å². The summed E-state index contributed by atoms with van der Waals surface area (Å²) < 4.78 is 11.2. The molecule has 0 amide bonds. The van der Waals surface area contributed by atoms with Crippen molar-refractivity contribution in [3.63, 3.8) is 0 Å². The van der Waals surface area contributed by atoms with Gasteiger partial charge >= 0.3 is 5.97 Å². The van der Waals surface area contributed by atoms with Gasteiger partial charge in [-0.15, -0.1) is 0 Å². The Labute approximate surface area is 212 Å². The number of unbranched alkanes of at least 4 members (excludes halogenated alkanes) is 14. The van der Waals surface area contributed by atoms with Gasteiger partial charge in [0.25, 0.3) is 0 Å². The molecule has 190 valence electrons. The number of rotatable bonds is 18. The maximum absolute atomic E-state index is 12.1. The number of benzene rings is 1. The number of carbonyl (C=O) groups excluding carboxylic acids is 1. The van der Waals surface area contributed by atoms with Crippen LogP contribution in [0, 0.1) is 0 Å². The van der Waals surface area contributed by atoms with E-state index in [-0.39, 0.29) is 5.97 Å². The van der Waals surface area contributed by atoms with Gasteiger partial charge in [0.15, 0.2) is 0 Å². The summed E-state index contributed by atoms with van der Waals surface area (Å²) in [4.78, 5) is 12.1. The van der Waals surface area contributed by atoms with Crippen LogP contribution in [0.25, 0.3) is 6.08 Å². The first kappa shape index (κ1) is 28.5. The highest BCUT2D eigenvalue weighted by molar-refractivity contribution is 6.25. The van der Waals surface area contributed by atoms with Crippen molar-refractivity contribution in [2.75, 3.05) is 6.61 Å². The molecule has 0 fully saturated rings. The molecule has 0 saturated carbocycles. The lowest BCUT2D eigenvalue weighted by molar-refractivity contribution is -0.145. The van der Waals surface area contributed by atoms with E-state index in [2.05, 4.69) is 6.92 Å². The van der Waals surface area contributed by atoms with Crippen LogP contribution in [0.2, 0.25) is 0 Å². The molecule has 0 bridgehead atoms. The molecule has 0 atom stereocenters. The summed E-state index contributed by atoms with van der Waals surface area (Å²) in [5.74, 6) is 0.710. The fraction of sp³-hybridized carbons (Fsp3) is 0.633.